The summed E-state index contributed by atoms with van der Waals surface area (Å²) in [6.07, 6.45) is 0. The van der Waals surface area contributed by atoms with Gasteiger partial charge in [0.2, 0.25) is 5.91 Å². The standard InChI is InChI=1S/C19H15ClFN3O2S/c1-10-17(27-19(22-10)12-3-5-13(21)6-4-12)18(26)24-14-7-8-16(15(20)9-14)23-11(2)25/h3-9H,1-2H3,(H,23,25)(H,24,26). The van der Waals surface area contributed by atoms with Gasteiger partial charge in [-0.15, -0.1) is 11.3 Å². The van der Waals surface area contributed by atoms with Gasteiger partial charge in [-0.05, 0) is 49.4 Å². The zero-order chi connectivity index (χ0) is 19.6. The molecule has 3 aromatic rings. The van der Waals surface area contributed by atoms with Crippen LogP contribution in [0.15, 0.2) is 42.5 Å². The molecule has 0 aliphatic heterocycles. The van der Waals surface area contributed by atoms with Crippen LogP contribution in [0.3, 0.4) is 0 Å². The van der Waals surface area contributed by atoms with E-state index in [0.717, 1.165) is 5.56 Å². The highest BCUT2D eigenvalue weighted by atomic mass is 35.5. The molecule has 0 aliphatic rings. The predicted molar refractivity (Wildman–Crippen MR) is 106 cm³/mol. The maximum absolute atomic E-state index is 13.1. The predicted octanol–water partition coefficient (Wildman–Crippen LogP) is 5.12. The molecule has 1 aromatic heterocycles. The van der Waals surface area contributed by atoms with Crippen LogP contribution in [0, 0.1) is 12.7 Å². The van der Waals surface area contributed by atoms with Gasteiger partial charge in [-0.3, -0.25) is 9.59 Å². The van der Waals surface area contributed by atoms with Crippen molar-refractivity contribution in [3.63, 3.8) is 0 Å². The van der Waals surface area contributed by atoms with Crippen molar-refractivity contribution in [2.45, 2.75) is 13.8 Å². The lowest BCUT2D eigenvalue weighted by Crippen LogP contribution is -2.12. The van der Waals surface area contributed by atoms with Crippen LogP contribution in [0.4, 0.5) is 15.8 Å². The highest BCUT2D eigenvalue weighted by Gasteiger charge is 2.17. The first-order valence-electron chi connectivity index (χ1n) is 7.95. The first-order valence-corrected chi connectivity index (χ1v) is 9.15. The normalized spacial score (nSPS) is 10.5. The molecule has 27 heavy (non-hydrogen) atoms. The van der Waals surface area contributed by atoms with Crippen LogP contribution in [-0.2, 0) is 4.79 Å². The summed E-state index contributed by atoms with van der Waals surface area (Å²) in [4.78, 5) is 28.6. The summed E-state index contributed by atoms with van der Waals surface area (Å²) in [5, 5.41) is 6.32. The number of nitrogens with one attached hydrogen (secondary N) is 2. The van der Waals surface area contributed by atoms with Crippen LogP contribution in [0.2, 0.25) is 5.02 Å². The minimum absolute atomic E-state index is 0.234. The lowest BCUT2D eigenvalue weighted by Gasteiger charge is -2.08. The smallest absolute Gasteiger partial charge is 0.267 e. The van der Waals surface area contributed by atoms with Gasteiger partial charge in [0.15, 0.2) is 0 Å². The molecule has 0 saturated heterocycles. The minimum atomic E-state index is -0.329. The highest BCUT2D eigenvalue weighted by Crippen LogP contribution is 2.30. The Hall–Kier alpha value is -2.77. The topological polar surface area (TPSA) is 71.1 Å². The number of aryl methyl sites for hydroxylation is 1. The number of rotatable bonds is 4. The molecular formula is C19H15ClFN3O2S. The highest BCUT2D eigenvalue weighted by molar-refractivity contribution is 7.17. The number of thiazole rings is 1. The van der Waals surface area contributed by atoms with Crippen molar-refractivity contribution in [3.05, 3.63) is 63.9 Å². The molecule has 2 aromatic carbocycles. The maximum atomic E-state index is 13.1. The number of carbonyl (C=O) groups is 2. The Morgan fingerprint density at radius 2 is 1.81 bits per heavy atom. The van der Waals surface area contributed by atoms with E-state index in [1.54, 1.807) is 37.3 Å². The van der Waals surface area contributed by atoms with Crippen LogP contribution in [-0.4, -0.2) is 16.8 Å². The third-order valence-corrected chi connectivity index (χ3v) is 5.15. The Morgan fingerprint density at radius 3 is 2.44 bits per heavy atom. The third kappa shape index (κ3) is 4.50. The molecule has 0 radical (unpaired) electrons. The number of carbonyl (C=O) groups excluding carboxylic acids is 2. The van der Waals surface area contributed by atoms with E-state index in [2.05, 4.69) is 15.6 Å². The van der Waals surface area contributed by atoms with E-state index in [1.165, 1.54) is 30.4 Å². The number of hydrogen-bond donors (Lipinski definition) is 2. The molecular weight excluding hydrogens is 389 g/mol. The summed E-state index contributed by atoms with van der Waals surface area (Å²) in [5.74, 6) is -0.881. The van der Waals surface area contributed by atoms with E-state index in [9.17, 15) is 14.0 Å². The third-order valence-electron chi connectivity index (χ3n) is 3.63. The second-order valence-corrected chi connectivity index (χ2v) is 7.18. The molecule has 5 nitrogen and oxygen atoms in total. The molecule has 0 atom stereocenters. The molecule has 0 saturated carbocycles. The number of hydrogen-bond acceptors (Lipinski definition) is 4. The molecule has 2 N–H and O–H groups in total. The number of aromatic nitrogens is 1. The van der Waals surface area contributed by atoms with Crippen LogP contribution in [0.5, 0.6) is 0 Å². The van der Waals surface area contributed by atoms with Gasteiger partial charge in [-0.25, -0.2) is 9.37 Å². The van der Waals surface area contributed by atoms with Crippen molar-refractivity contribution in [3.8, 4) is 10.6 Å². The molecule has 138 valence electrons. The number of halogens is 2. The zero-order valence-corrected chi connectivity index (χ0v) is 16.0. The van der Waals surface area contributed by atoms with Gasteiger partial charge in [0.25, 0.3) is 5.91 Å². The van der Waals surface area contributed by atoms with Crippen LogP contribution in [0.1, 0.15) is 22.3 Å². The van der Waals surface area contributed by atoms with Gasteiger partial charge >= 0.3 is 0 Å². The van der Waals surface area contributed by atoms with Crippen molar-refractivity contribution >= 4 is 46.1 Å². The number of benzene rings is 2. The number of amides is 2. The first-order chi connectivity index (χ1) is 12.8. The van der Waals surface area contributed by atoms with Crippen LogP contribution < -0.4 is 10.6 Å². The van der Waals surface area contributed by atoms with E-state index >= 15 is 0 Å². The minimum Gasteiger partial charge on any atom is -0.325 e. The molecule has 8 heteroatoms. The Labute approximate surface area is 164 Å². The zero-order valence-electron chi connectivity index (χ0n) is 14.5. The summed E-state index contributed by atoms with van der Waals surface area (Å²) in [6.45, 7) is 3.13. The van der Waals surface area contributed by atoms with E-state index in [1.807, 2.05) is 0 Å². The second kappa shape index (κ2) is 7.85. The largest absolute Gasteiger partial charge is 0.325 e. The Morgan fingerprint density at radius 1 is 1.11 bits per heavy atom. The van der Waals surface area contributed by atoms with Crippen molar-refractivity contribution < 1.29 is 14.0 Å². The van der Waals surface area contributed by atoms with Gasteiger partial charge in [0.05, 0.1) is 16.4 Å². The molecule has 0 bridgehead atoms. The van der Waals surface area contributed by atoms with Gasteiger partial charge < -0.3 is 10.6 Å². The van der Waals surface area contributed by atoms with Crippen molar-refractivity contribution in [1.82, 2.24) is 4.98 Å². The monoisotopic (exact) mass is 403 g/mol. The van der Waals surface area contributed by atoms with E-state index < -0.39 is 0 Å². The van der Waals surface area contributed by atoms with Crippen LogP contribution in [0.25, 0.3) is 10.6 Å². The SMILES string of the molecule is CC(=O)Nc1ccc(NC(=O)c2sc(-c3ccc(F)cc3)nc2C)cc1Cl. The fourth-order valence-corrected chi connectivity index (χ4v) is 3.59. The average Bonchev–Trinajstić information content (AvgIpc) is 2.99. The molecule has 2 amide bonds. The Balaban J connectivity index is 1.79. The molecule has 0 aliphatic carbocycles. The number of anilines is 2. The molecule has 0 fully saturated rings. The first kappa shape index (κ1) is 19.0. The van der Waals surface area contributed by atoms with E-state index in [0.29, 0.717) is 32.0 Å². The average molecular weight is 404 g/mol. The summed E-state index contributed by atoms with van der Waals surface area (Å²) in [7, 11) is 0. The summed E-state index contributed by atoms with van der Waals surface area (Å²) in [5.41, 5.74) is 2.29. The van der Waals surface area contributed by atoms with Crippen LogP contribution >= 0.6 is 22.9 Å². The van der Waals surface area contributed by atoms with Gasteiger partial charge in [0, 0.05) is 18.2 Å². The fourth-order valence-electron chi connectivity index (χ4n) is 2.39. The maximum Gasteiger partial charge on any atom is 0.267 e. The van der Waals surface area contributed by atoms with E-state index in [-0.39, 0.29) is 17.6 Å². The van der Waals surface area contributed by atoms with Gasteiger partial charge in [-0.2, -0.15) is 0 Å². The molecule has 1 heterocycles. The van der Waals surface area contributed by atoms with Crippen molar-refractivity contribution in [2.24, 2.45) is 0 Å². The lowest BCUT2D eigenvalue weighted by molar-refractivity contribution is -0.114. The molecule has 0 spiro atoms. The molecule has 0 unspecified atom stereocenters. The molecule has 3 rings (SSSR count). The summed E-state index contributed by atoms with van der Waals surface area (Å²) >= 11 is 7.35. The Kier molecular flexibility index (Phi) is 5.53. The summed E-state index contributed by atoms with van der Waals surface area (Å²) in [6, 6.07) is 10.8. The van der Waals surface area contributed by atoms with Gasteiger partial charge in [0.1, 0.15) is 15.7 Å². The Bertz CT molecular complexity index is 1020. The van der Waals surface area contributed by atoms with Crippen molar-refractivity contribution in [2.75, 3.05) is 10.6 Å². The van der Waals surface area contributed by atoms with Crippen molar-refractivity contribution in [1.29, 1.82) is 0 Å². The quantitative estimate of drug-likeness (QED) is 0.635. The van der Waals surface area contributed by atoms with E-state index in [4.69, 9.17) is 11.6 Å². The fraction of sp³-hybridized carbons (Fsp3) is 0.105. The second-order valence-electron chi connectivity index (χ2n) is 5.77. The number of nitrogens with zero attached hydrogens (tertiary/aromatic N) is 1. The van der Waals surface area contributed by atoms with Gasteiger partial charge in [-0.1, -0.05) is 11.6 Å². The lowest BCUT2D eigenvalue weighted by atomic mass is 10.2. The summed E-state index contributed by atoms with van der Waals surface area (Å²) < 4.78 is 13.1.